The van der Waals surface area contributed by atoms with Crippen LogP contribution in [0.4, 0.5) is 0 Å². The van der Waals surface area contributed by atoms with Gasteiger partial charge in [-0.05, 0) is 17.5 Å². The predicted octanol–water partition coefficient (Wildman–Crippen LogP) is 3.00. The second-order valence-electron chi connectivity index (χ2n) is 9.77. The van der Waals surface area contributed by atoms with Gasteiger partial charge in [0.25, 0.3) is 0 Å². The minimum atomic E-state index is -0.767. The quantitative estimate of drug-likeness (QED) is 0.529. The average molecular weight is 485 g/mol. The molecule has 0 saturated carbocycles. The smallest absolute Gasteiger partial charge is 0.111 e. The zero-order valence-corrected chi connectivity index (χ0v) is 20.0. The first-order chi connectivity index (χ1) is 17.2. The number of hydrogen-bond acceptors (Lipinski definition) is 7. The maximum Gasteiger partial charge on any atom is 0.111 e. The van der Waals surface area contributed by atoms with Crippen LogP contribution in [0.1, 0.15) is 36.8 Å². The first-order valence-electron chi connectivity index (χ1n) is 12.7. The van der Waals surface area contributed by atoms with Gasteiger partial charge in [0.05, 0.1) is 56.4 Å². The monoisotopic (exact) mass is 484 g/mol. The molecule has 3 aliphatic rings. The minimum absolute atomic E-state index is 0.0618. The molecule has 3 heterocycles. The highest BCUT2D eigenvalue weighted by Gasteiger charge is 2.50. The van der Waals surface area contributed by atoms with E-state index in [-0.39, 0.29) is 43.2 Å². The molecule has 3 saturated heterocycles. The molecular formula is C28H36O7. The molecule has 0 amide bonds. The molecule has 2 aromatic carbocycles. The zero-order chi connectivity index (χ0) is 24.0. The van der Waals surface area contributed by atoms with Gasteiger partial charge in [-0.3, -0.25) is 0 Å². The third-order valence-corrected chi connectivity index (χ3v) is 7.24. The van der Waals surface area contributed by atoms with E-state index in [9.17, 15) is 10.2 Å². The Morgan fingerprint density at radius 3 is 2.17 bits per heavy atom. The summed E-state index contributed by atoms with van der Waals surface area (Å²) in [6.45, 7) is 1.44. The van der Waals surface area contributed by atoms with Crippen LogP contribution in [0.5, 0.6) is 0 Å². The Morgan fingerprint density at radius 1 is 0.771 bits per heavy atom. The Bertz CT molecular complexity index is 895. The van der Waals surface area contributed by atoms with E-state index in [4.69, 9.17) is 23.7 Å². The summed E-state index contributed by atoms with van der Waals surface area (Å²) in [5, 5.41) is 20.2. The fourth-order valence-corrected chi connectivity index (χ4v) is 5.37. The minimum Gasteiger partial charge on any atom is -0.394 e. The van der Waals surface area contributed by atoms with Gasteiger partial charge >= 0.3 is 0 Å². The molecule has 0 bridgehead atoms. The lowest BCUT2D eigenvalue weighted by Gasteiger charge is -2.41. The largest absolute Gasteiger partial charge is 0.394 e. The lowest BCUT2D eigenvalue weighted by Crippen LogP contribution is -2.54. The van der Waals surface area contributed by atoms with E-state index in [1.54, 1.807) is 0 Å². The molecule has 7 nitrogen and oxygen atoms in total. The van der Waals surface area contributed by atoms with Crippen molar-refractivity contribution in [1.82, 2.24) is 0 Å². The van der Waals surface area contributed by atoms with Gasteiger partial charge in [0.1, 0.15) is 12.2 Å². The molecule has 35 heavy (non-hydrogen) atoms. The van der Waals surface area contributed by atoms with Crippen molar-refractivity contribution in [2.24, 2.45) is 0 Å². The van der Waals surface area contributed by atoms with Crippen LogP contribution in [-0.2, 0) is 36.9 Å². The summed E-state index contributed by atoms with van der Waals surface area (Å²) >= 11 is 0. The number of benzene rings is 2. The van der Waals surface area contributed by atoms with Crippen molar-refractivity contribution in [3.63, 3.8) is 0 Å². The van der Waals surface area contributed by atoms with Crippen molar-refractivity contribution in [1.29, 1.82) is 0 Å². The van der Waals surface area contributed by atoms with Crippen LogP contribution in [0.2, 0.25) is 0 Å². The van der Waals surface area contributed by atoms with E-state index < -0.39 is 12.2 Å². The van der Waals surface area contributed by atoms with Gasteiger partial charge in [0.15, 0.2) is 0 Å². The summed E-state index contributed by atoms with van der Waals surface area (Å²) in [5.41, 5.74) is 2.25. The van der Waals surface area contributed by atoms with Crippen LogP contribution in [-0.4, -0.2) is 72.3 Å². The summed E-state index contributed by atoms with van der Waals surface area (Å²) < 4.78 is 31.2. The molecule has 7 heteroatoms. The van der Waals surface area contributed by atoms with Crippen LogP contribution < -0.4 is 0 Å². The van der Waals surface area contributed by atoms with Crippen molar-refractivity contribution in [3.8, 4) is 0 Å². The summed E-state index contributed by atoms with van der Waals surface area (Å²) in [7, 11) is 0. The first-order valence-corrected chi connectivity index (χ1v) is 12.7. The van der Waals surface area contributed by atoms with Crippen molar-refractivity contribution in [2.45, 2.75) is 87.7 Å². The highest BCUT2D eigenvalue weighted by atomic mass is 16.6. The number of hydrogen-bond donors (Lipinski definition) is 2. The average Bonchev–Trinajstić information content (AvgIpc) is 3.20. The number of aliphatic hydroxyl groups excluding tert-OH is 2. The molecule has 190 valence electrons. The molecule has 0 aliphatic carbocycles. The van der Waals surface area contributed by atoms with Gasteiger partial charge in [-0.15, -0.1) is 0 Å². The standard InChI is InChI=1S/C28H36O7/c29-16-27-22(30)14-26-28(35-27)25(32-18-20-9-5-2-6-10-20)15-24-23(34-26)13-21(33-24)11-12-31-17-19-7-3-1-4-8-19/h1-10,21-30H,11-18H2/t21-,22-,23-,24+,25-,26+,27+,28-/m0/s1. The molecule has 8 atom stereocenters. The molecule has 0 spiro atoms. The maximum absolute atomic E-state index is 10.5. The van der Waals surface area contributed by atoms with Crippen LogP contribution in [0.15, 0.2) is 60.7 Å². The lowest BCUT2D eigenvalue weighted by molar-refractivity contribution is -0.225. The second-order valence-corrected chi connectivity index (χ2v) is 9.77. The van der Waals surface area contributed by atoms with Crippen LogP contribution in [0.3, 0.4) is 0 Å². The molecular weight excluding hydrogens is 448 g/mol. The van der Waals surface area contributed by atoms with Crippen LogP contribution in [0.25, 0.3) is 0 Å². The fraction of sp³-hybridized carbons (Fsp3) is 0.571. The lowest BCUT2D eigenvalue weighted by atomic mass is 9.93. The van der Waals surface area contributed by atoms with Crippen LogP contribution in [0, 0.1) is 0 Å². The molecule has 3 aliphatic heterocycles. The van der Waals surface area contributed by atoms with E-state index >= 15 is 0 Å². The van der Waals surface area contributed by atoms with Gasteiger partial charge in [-0.1, -0.05) is 60.7 Å². The van der Waals surface area contributed by atoms with Gasteiger partial charge in [0, 0.05) is 25.9 Å². The fourth-order valence-electron chi connectivity index (χ4n) is 5.37. The molecule has 5 rings (SSSR count). The number of aliphatic hydroxyl groups is 2. The Morgan fingerprint density at radius 2 is 1.46 bits per heavy atom. The summed E-state index contributed by atoms with van der Waals surface area (Å²) in [4.78, 5) is 0. The molecule has 0 radical (unpaired) electrons. The zero-order valence-electron chi connectivity index (χ0n) is 20.0. The number of ether oxygens (including phenoxy) is 5. The third kappa shape index (κ3) is 6.30. The van der Waals surface area contributed by atoms with Gasteiger partial charge < -0.3 is 33.9 Å². The molecule has 2 N–H and O–H groups in total. The van der Waals surface area contributed by atoms with Gasteiger partial charge in [-0.25, -0.2) is 0 Å². The Kier molecular flexibility index (Phi) is 8.47. The summed E-state index contributed by atoms with van der Waals surface area (Å²) in [5.74, 6) is 0. The second kappa shape index (κ2) is 11.9. The Labute approximate surface area is 206 Å². The topological polar surface area (TPSA) is 86.6 Å². The summed E-state index contributed by atoms with van der Waals surface area (Å²) in [6, 6.07) is 20.2. The predicted molar refractivity (Wildman–Crippen MR) is 129 cm³/mol. The number of fused-ring (bicyclic) bond motifs is 2. The summed E-state index contributed by atoms with van der Waals surface area (Å²) in [6.07, 6.45) is 0.212. The van der Waals surface area contributed by atoms with Crippen molar-refractivity contribution in [3.05, 3.63) is 71.8 Å². The SMILES string of the molecule is OC[C@H]1O[C@H]2[C@@H](OCc3ccccc3)C[C@H]3O[C@@H](CCOCc4ccccc4)C[C@@H]3O[C@@H]2C[C@@H]1O. The van der Waals surface area contributed by atoms with E-state index in [2.05, 4.69) is 12.1 Å². The molecule has 2 aromatic rings. The maximum atomic E-state index is 10.5. The molecule has 3 fully saturated rings. The third-order valence-electron chi connectivity index (χ3n) is 7.24. The van der Waals surface area contributed by atoms with Crippen molar-refractivity contribution in [2.75, 3.05) is 13.2 Å². The molecule has 0 unspecified atom stereocenters. The van der Waals surface area contributed by atoms with E-state index in [1.165, 1.54) is 0 Å². The van der Waals surface area contributed by atoms with Crippen LogP contribution >= 0.6 is 0 Å². The Hall–Kier alpha value is -1.84. The van der Waals surface area contributed by atoms with E-state index in [0.717, 1.165) is 24.0 Å². The van der Waals surface area contributed by atoms with E-state index in [0.29, 0.717) is 32.7 Å². The van der Waals surface area contributed by atoms with Gasteiger partial charge in [0.2, 0.25) is 0 Å². The van der Waals surface area contributed by atoms with Crippen molar-refractivity contribution >= 4 is 0 Å². The highest BCUT2D eigenvalue weighted by molar-refractivity contribution is 5.14. The normalized spacial score (nSPS) is 34.7. The highest BCUT2D eigenvalue weighted by Crippen LogP contribution is 2.39. The molecule has 0 aromatic heterocycles. The Balaban J connectivity index is 1.20. The van der Waals surface area contributed by atoms with Crippen molar-refractivity contribution < 1.29 is 33.9 Å². The number of rotatable bonds is 9. The first kappa shape index (κ1) is 24.8. The van der Waals surface area contributed by atoms with Gasteiger partial charge in [-0.2, -0.15) is 0 Å². The van der Waals surface area contributed by atoms with E-state index in [1.807, 2.05) is 48.5 Å².